The molecule has 3 fully saturated rings. The normalized spacial score (nSPS) is 21.8. The summed E-state index contributed by atoms with van der Waals surface area (Å²) < 4.78 is 22.1. The molecule has 3 aromatic rings. The molecule has 1 aromatic carbocycles. The summed E-state index contributed by atoms with van der Waals surface area (Å²) in [7, 11) is 0. The number of hydrogen-bond donors (Lipinski definition) is 1. The van der Waals surface area contributed by atoms with Crippen LogP contribution in [0.5, 0.6) is 0 Å². The standard InChI is InChI=1S/C26H29FN6O3.ClH/c27-17-4-8-21(9-5-17)33-23(16-32(25(33)34)19-2-1-3-19)22-12-13-28-24(30-22)29-18-6-10-20(11-7-18)31-14-15-36-26(31)35;/h4-5,8-9,12-13,16,18-20H,1-3,6-7,10-11,14-15H2,(H,28,29,30);1H. The lowest BCUT2D eigenvalue weighted by atomic mass is 9.90. The van der Waals surface area contributed by atoms with Crippen LogP contribution in [-0.2, 0) is 4.74 Å². The van der Waals surface area contributed by atoms with Gasteiger partial charge in [0.2, 0.25) is 5.95 Å². The number of nitrogens with zero attached hydrogens (tertiary/aromatic N) is 5. The molecule has 196 valence electrons. The zero-order valence-corrected chi connectivity index (χ0v) is 21.2. The summed E-state index contributed by atoms with van der Waals surface area (Å²) in [6.07, 6.45) is 10.0. The second-order valence-electron chi connectivity index (χ2n) is 9.82. The monoisotopic (exact) mass is 528 g/mol. The van der Waals surface area contributed by atoms with E-state index in [0.29, 0.717) is 36.2 Å². The van der Waals surface area contributed by atoms with E-state index in [1.807, 2.05) is 11.1 Å². The number of anilines is 1. The molecular formula is C26H30ClFN6O3. The fourth-order valence-electron chi connectivity index (χ4n) is 5.43. The number of carbonyl (C=O) groups excluding carboxylic acids is 1. The Balaban J connectivity index is 0.00000280. The van der Waals surface area contributed by atoms with Crippen LogP contribution in [0.1, 0.15) is 51.0 Å². The van der Waals surface area contributed by atoms with Crippen molar-refractivity contribution in [2.75, 3.05) is 18.5 Å². The number of cyclic esters (lactones) is 1. The Morgan fingerprint density at radius 1 is 0.973 bits per heavy atom. The molecule has 0 atom stereocenters. The summed E-state index contributed by atoms with van der Waals surface area (Å²) in [5.41, 5.74) is 1.73. The summed E-state index contributed by atoms with van der Waals surface area (Å²) in [4.78, 5) is 36.3. The molecule has 0 unspecified atom stereocenters. The van der Waals surface area contributed by atoms with Gasteiger partial charge in [-0.3, -0.25) is 9.13 Å². The Morgan fingerprint density at radius 2 is 1.73 bits per heavy atom. The third kappa shape index (κ3) is 4.94. The van der Waals surface area contributed by atoms with E-state index in [0.717, 1.165) is 44.9 Å². The van der Waals surface area contributed by atoms with Crippen LogP contribution in [0.2, 0.25) is 0 Å². The molecule has 1 aliphatic heterocycles. The minimum Gasteiger partial charge on any atom is -0.448 e. The van der Waals surface area contributed by atoms with Gasteiger partial charge in [-0.25, -0.2) is 23.9 Å². The Labute approximate surface area is 220 Å². The zero-order chi connectivity index (χ0) is 24.6. The highest BCUT2D eigenvalue weighted by atomic mass is 35.5. The summed E-state index contributed by atoms with van der Waals surface area (Å²) in [5.74, 6) is 0.155. The number of benzene rings is 1. The first-order valence-electron chi connectivity index (χ1n) is 12.7. The number of imidazole rings is 1. The van der Waals surface area contributed by atoms with Gasteiger partial charge in [0.05, 0.1) is 23.6 Å². The highest BCUT2D eigenvalue weighted by Gasteiger charge is 2.33. The maximum absolute atomic E-state index is 13.6. The van der Waals surface area contributed by atoms with Crippen molar-refractivity contribution in [1.82, 2.24) is 24.0 Å². The van der Waals surface area contributed by atoms with Gasteiger partial charge in [-0.2, -0.15) is 0 Å². The fraction of sp³-hybridized carbons (Fsp3) is 0.462. The maximum atomic E-state index is 13.6. The maximum Gasteiger partial charge on any atom is 0.410 e. The third-order valence-corrected chi connectivity index (χ3v) is 7.65. The molecule has 2 aromatic heterocycles. The number of aromatic nitrogens is 4. The average Bonchev–Trinajstić information content (AvgIpc) is 3.43. The summed E-state index contributed by atoms with van der Waals surface area (Å²) >= 11 is 0. The second-order valence-corrected chi connectivity index (χ2v) is 9.82. The third-order valence-electron chi connectivity index (χ3n) is 7.65. The van der Waals surface area contributed by atoms with Crippen LogP contribution < -0.4 is 11.0 Å². The van der Waals surface area contributed by atoms with Crippen LogP contribution in [0.15, 0.2) is 47.5 Å². The molecule has 11 heteroatoms. The number of carbonyl (C=O) groups is 1. The van der Waals surface area contributed by atoms with Crippen molar-refractivity contribution in [1.29, 1.82) is 0 Å². The molecule has 3 aliphatic rings. The van der Waals surface area contributed by atoms with Crippen molar-refractivity contribution in [2.24, 2.45) is 0 Å². The largest absolute Gasteiger partial charge is 0.448 e. The van der Waals surface area contributed by atoms with Crippen LogP contribution in [0.3, 0.4) is 0 Å². The first kappa shape index (κ1) is 25.3. The van der Waals surface area contributed by atoms with E-state index in [1.165, 1.54) is 12.1 Å². The highest BCUT2D eigenvalue weighted by molar-refractivity contribution is 5.85. The summed E-state index contributed by atoms with van der Waals surface area (Å²) in [6.45, 7) is 1.14. The number of amides is 1. The second kappa shape index (κ2) is 10.5. The summed E-state index contributed by atoms with van der Waals surface area (Å²) in [5, 5.41) is 3.45. The molecular weight excluding hydrogens is 499 g/mol. The van der Waals surface area contributed by atoms with Crippen molar-refractivity contribution >= 4 is 24.4 Å². The van der Waals surface area contributed by atoms with Gasteiger partial charge in [-0.1, -0.05) is 0 Å². The molecule has 6 rings (SSSR count). The zero-order valence-electron chi connectivity index (χ0n) is 20.4. The lowest BCUT2D eigenvalue weighted by molar-refractivity contribution is 0.138. The Hall–Kier alpha value is -3.40. The topological polar surface area (TPSA) is 94.3 Å². The molecule has 0 spiro atoms. The molecule has 0 bridgehead atoms. The SMILES string of the molecule is Cl.O=C1OCCN1C1CCC(Nc2nccc(-c3cn(C4CCC4)c(=O)n3-c3ccc(F)cc3)n2)CC1. The van der Waals surface area contributed by atoms with Crippen LogP contribution >= 0.6 is 12.4 Å². The van der Waals surface area contributed by atoms with E-state index >= 15 is 0 Å². The molecule has 37 heavy (non-hydrogen) atoms. The predicted octanol–water partition coefficient (Wildman–Crippen LogP) is 4.56. The predicted molar refractivity (Wildman–Crippen MR) is 139 cm³/mol. The number of nitrogens with one attached hydrogen (secondary N) is 1. The molecule has 0 radical (unpaired) electrons. The lowest BCUT2D eigenvalue weighted by Crippen LogP contribution is -2.41. The first-order chi connectivity index (χ1) is 17.6. The number of halogens is 2. The smallest absolute Gasteiger partial charge is 0.410 e. The van der Waals surface area contributed by atoms with Gasteiger partial charge in [0.25, 0.3) is 0 Å². The molecule has 1 N–H and O–H groups in total. The van der Waals surface area contributed by atoms with E-state index in [-0.39, 0.29) is 48.1 Å². The van der Waals surface area contributed by atoms with Crippen LogP contribution in [0, 0.1) is 5.82 Å². The molecule has 1 saturated heterocycles. The average molecular weight is 529 g/mol. The summed E-state index contributed by atoms with van der Waals surface area (Å²) in [6, 6.07) is 8.34. The van der Waals surface area contributed by atoms with E-state index in [9.17, 15) is 14.0 Å². The van der Waals surface area contributed by atoms with Gasteiger partial charge in [0, 0.05) is 30.5 Å². The quantitative estimate of drug-likeness (QED) is 0.504. The molecule has 3 heterocycles. The van der Waals surface area contributed by atoms with Crippen molar-refractivity contribution < 1.29 is 13.9 Å². The Bertz CT molecular complexity index is 1310. The molecule has 2 aliphatic carbocycles. The molecule has 1 amide bonds. The van der Waals surface area contributed by atoms with Gasteiger partial charge >= 0.3 is 11.8 Å². The van der Waals surface area contributed by atoms with Crippen molar-refractivity contribution in [2.45, 2.75) is 63.1 Å². The number of rotatable bonds is 6. The fourth-order valence-corrected chi connectivity index (χ4v) is 5.43. The van der Waals surface area contributed by atoms with Gasteiger partial charge in [-0.05, 0) is 75.3 Å². The Morgan fingerprint density at radius 3 is 2.38 bits per heavy atom. The van der Waals surface area contributed by atoms with Gasteiger partial charge in [0.15, 0.2) is 0 Å². The van der Waals surface area contributed by atoms with Crippen LogP contribution in [0.25, 0.3) is 17.1 Å². The number of ether oxygens (including phenoxy) is 1. The lowest BCUT2D eigenvalue weighted by Gasteiger charge is -2.33. The van der Waals surface area contributed by atoms with Crippen LogP contribution in [0.4, 0.5) is 15.1 Å². The van der Waals surface area contributed by atoms with Crippen LogP contribution in [-0.4, -0.2) is 55.3 Å². The highest BCUT2D eigenvalue weighted by Crippen LogP contribution is 2.33. The van der Waals surface area contributed by atoms with Crippen molar-refractivity contribution in [3.63, 3.8) is 0 Å². The van der Waals surface area contributed by atoms with Gasteiger partial charge in [0.1, 0.15) is 12.4 Å². The van der Waals surface area contributed by atoms with Gasteiger partial charge in [-0.15, -0.1) is 12.4 Å². The van der Waals surface area contributed by atoms with E-state index in [1.54, 1.807) is 33.5 Å². The minimum atomic E-state index is -0.350. The van der Waals surface area contributed by atoms with Crippen molar-refractivity contribution in [3.8, 4) is 17.1 Å². The van der Waals surface area contributed by atoms with E-state index in [4.69, 9.17) is 9.72 Å². The molecule has 9 nitrogen and oxygen atoms in total. The minimum absolute atomic E-state index is 0. The molecule has 2 saturated carbocycles. The first-order valence-corrected chi connectivity index (χ1v) is 12.7. The van der Waals surface area contributed by atoms with Gasteiger partial charge < -0.3 is 15.0 Å². The van der Waals surface area contributed by atoms with E-state index in [2.05, 4.69) is 10.3 Å². The van der Waals surface area contributed by atoms with Crippen molar-refractivity contribution in [3.05, 3.63) is 59.0 Å². The number of hydrogen-bond acceptors (Lipinski definition) is 6. The Kier molecular flexibility index (Phi) is 7.19. The van der Waals surface area contributed by atoms with E-state index < -0.39 is 0 Å².